The Bertz CT molecular complexity index is 504. The molecule has 1 aromatic rings. The first kappa shape index (κ1) is 11.2. The molecule has 2 heterocycles. The van der Waals surface area contributed by atoms with Crippen molar-refractivity contribution in [2.75, 3.05) is 0 Å². The van der Waals surface area contributed by atoms with Crippen molar-refractivity contribution < 1.29 is 17.6 Å². The van der Waals surface area contributed by atoms with Gasteiger partial charge >= 0.3 is 10.2 Å². The number of hydrogen-bond donors (Lipinski definition) is 1. The van der Waals surface area contributed by atoms with Crippen molar-refractivity contribution in [1.82, 2.24) is 9.03 Å². The third-order valence-electron chi connectivity index (χ3n) is 2.31. The lowest BCUT2D eigenvalue weighted by Crippen LogP contribution is -2.40. The van der Waals surface area contributed by atoms with E-state index < -0.39 is 21.7 Å². The van der Waals surface area contributed by atoms with Crippen molar-refractivity contribution in [2.24, 2.45) is 0 Å². The molecule has 1 fully saturated rings. The number of furan rings is 1. The summed E-state index contributed by atoms with van der Waals surface area (Å²) >= 11 is 0. The van der Waals surface area contributed by atoms with E-state index in [0.29, 0.717) is 5.76 Å². The number of rotatable bonds is 2. The van der Waals surface area contributed by atoms with Crippen molar-refractivity contribution in [1.29, 1.82) is 0 Å². The second-order valence-electron chi connectivity index (χ2n) is 4.12. The first-order chi connectivity index (χ1) is 7.33. The predicted molar refractivity (Wildman–Crippen MR) is 55.4 cm³/mol. The summed E-state index contributed by atoms with van der Waals surface area (Å²) in [6.07, 6.45) is 1.43. The van der Waals surface area contributed by atoms with Gasteiger partial charge in [-0.1, -0.05) is 0 Å². The lowest BCUT2D eigenvalue weighted by molar-refractivity contribution is -0.130. The summed E-state index contributed by atoms with van der Waals surface area (Å²) in [5, 5.41) is 0. The molecule has 0 atom stereocenters. The van der Waals surface area contributed by atoms with Crippen LogP contribution in [0, 0.1) is 0 Å². The van der Waals surface area contributed by atoms with Gasteiger partial charge in [0.1, 0.15) is 11.3 Å². The van der Waals surface area contributed by atoms with E-state index >= 15 is 0 Å². The molecule has 0 aromatic carbocycles. The SMILES string of the molecule is CC1(C)NS(=O)(=O)N(Cc2ccco2)C1=O. The van der Waals surface area contributed by atoms with E-state index in [0.717, 1.165) is 4.31 Å². The highest BCUT2D eigenvalue weighted by atomic mass is 32.2. The predicted octanol–water partition coefficient (Wildman–Crippen LogP) is 0.235. The van der Waals surface area contributed by atoms with Crippen LogP contribution in [0.15, 0.2) is 22.8 Å². The fourth-order valence-electron chi connectivity index (χ4n) is 1.54. The topological polar surface area (TPSA) is 79.6 Å². The van der Waals surface area contributed by atoms with Crippen LogP contribution < -0.4 is 4.72 Å². The quantitative estimate of drug-likeness (QED) is 0.808. The van der Waals surface area contributed by atoms with Crippen LogP contribution in [0.1, 0.15) is 19.6 Å². The molecule has 7 heteroatoms. The lowest BCUT2D eigenvalue weighted by Gasteiger charge is -2.14. The maximum Gasteiger partial charge on any atom is 0.305 e. The van der Waals surface area contributed by atoms with Crippen molar-refractivity contribution in [3.05, 3.63) is 24.2 Å². The highest BCUT2D eigenvalue weighted by Crippen LogP contribution is 2.23. The molecule has 0 bridgehead atoms. The summed E-state index contributed by atoms with van der Waals surface area (Å²) in [6, 6.07) is 3.26. The maximum absolute atomic E-state index is 11.8. The van der Waals surface area contributed by atoms with Gasteiger partial charge in [0.05, 0.1) is 12.8 Å². The van der Waals surface area contributed by atoms with Crippen LogP contribution >= 0.6 is 0 Å². The fourth-order valence-corrected chi connectivity index (χ4v) is 3.13. The summed E-state index contributed by atoms with van der Waals surface area (Å²) in [5.74, 6) is -0.0553. The molecule has 0 aliphatic carbocycles. The number of nitrogens with zero attached hydrogens (tertiary/aromatic N) is 1. The zero-order chi connectivity index (χ0) is 12.0. The molecule has 1 aliphatic rings. The van der Waals surface area contributed by atoms with Gasteiger partial charge in [-0.3, -0.25) is 4.79 Å². The highest BCUT2D eigenvalue weighted by molar-refractivity contribution is 7.88. The Kier molecular flexibility index (Phi) is 2.32. The Morgan fingerprint density at radius 2 is 2.19 bits per heavy atom. The van der Waals surface area contributed by atoms with Crippen LogP contribution in [0.25, 0.3) is 0 Å². The molecule has 1 N–H and O–H groups in total. The van der Waals surface area contributed by atoms with Crippen molar-refractivity contribution in [3.8, 4) is 0 Å². The van der Waals surface area contributed by atoms with E-state index in [1.807, 2.05) is 0 Å². The molecule has 2 rings (SSSR count). The Balaban J connectivity index is 2.31. The van der Waals surface area contributed by atoms with Crippen LogP contribution in [-0.2, 0) is 21.5 Å². The second-order valence-corrected chi connectivity index (χ2v) is 5.72. The molecule has 0 spiro atoms. The van der Waals surface area contributed by atoms with E-state index in [-0.39, 0.29) is 6.54 Å². The average molecular weight is 244 g/mol. The standard InChI is InChI=1S/C9H12N2O4S/c1-9(2)8(12)11(16(13,14)10-9)6-7-4-3-5-15-7/h3-5,10H,6H2,1-2H3. The summed E-state index contributed by atoms with van der Waals surface area (Å²) in [6.45, 7) is 2.97. The van der Waals surface area contributed by atoms with Gasteiger partial charge in [0, 0.05) is 0 Å². The van der Waals surface area contributed by atoms with Crippen LogP contribution in [0.5, 0.6) is 0 Å². The number of amides is 1. The Hall–Kier alpha value is -1.34. The summed E-state index contributed by atoms with van der Waals surface area (Å²) in [4.78, 5) is 11.8. The highest BCUT2D eigenvalue weighted by Gasteiger charge is 2.48. The minimum atomic E-state index is -3.75. The van der Waals surface area contributed by atoms with Gasteiger partial charge in [0.15, 0.2) is 0 Å². The lowest BCUT2D eigenvalue weighted by atomic mass is 10.1. The van der Waals surface area contributed by atoms with Gasteiger partial charge in [0.25, 0.3) is 5.91 Å². The van der Waals surface area contributed by atoms with Crippen LogP contribution in [0.4, 0.5) is 0 Å². The summed E-state index contributed by atoms with van der Waals surface area (Å²) < 4.78 is 31.4. The number of hydrogen-bond acceptors (Lipinski definition) is 4. The minimum absolute atomic E-state index is 0.0788. The molecule has 0 unspecified atom stereocenters. The molecule has 16 heavy (non-hydrogen) atoms. The molecule has 1 aromatic heterocycles. The monoisotopic (exact) mass is 244 g/mol. The molecule has 88 valence electrons. The molecule has 1 amide bonds. The number of carbonyl (C=O) groups is 1. The largest absolute Gasteiger partial charge is 0.467 e. The summed E-state index contributed by atoms with van der Waals surface area (Å²) in [5.41, 5.74) is -1.09. The molecule has 0 radical (unpaired) electrons. The first-order valence-electron chi connectivity index (χ1n) is 4.71. The van der Waals surface area contributed by atoms with Crippen molar-refractivity contribution >= 4 is 16.1 Å². The van der Waals surface area contributed by atoms with Gasteiger partial charge in [0.2, 0.25) is 0 Å². The third-order valence-corrected chi connectivity index (χ3v) is 3.96. The number of carbonyl (C=O) groups excluding carboxylic acids is 1. The van der Waals surface area contributed by atoms with Crippen molar-refractivity contribution in [2.45, 2.75) is 25.9 Å². The van der Waals surface area contributed by atoms with Crippen molar-refractivity contribution in [3.63, 3.8) is 0 Å². The third kappa shape index (κ3) is 1.72. The second kappa shape index (κ2) is 3.33. The maximum atomic E-state index is 11.8. The molecule has 6 nitrogen and oxygen atoms in total. The Morgan fingerprint density at radius 1 is 1.50 bits per heavy atom. The fraction of sp³-hybridized carbons (Fsp3) is 0.444. The number of nitrogens with one attached hydrogen (secondary N) is 1. The summed E-state index contributed by atoms with van der Waals surface area (Å²) in [7, 11) is -3.75. The molecule has 0 saturated carbocycles. The zero-order valence-electron chi connectivity index (χ0n) is 8.93. The van der Waals surface area contributed by atoms with Gasteiger partial charge in [-0.05, 0) is 26.0 Å². The smallest absolute Gasteiger partial charge is 0.305 e. The van der Waals surface area contributed by atoms with E-state index in [9.17, 15) is 13.2 Å². The molecule has 1 aliphatic heterocycles. The molecule has 1 saturated heterocycles. The molecular weight excluding hydrogens is 232 g/mol. The Morgan fingerprint density at radius 3 is 2.62 bits per heavy atom. The van der Waals surface area contributed by atoms with Gasteiger partial charge in [-0.15, -0.1) is 0 Å². The van der Waals surface area contributed by atoms with E-state index in [2.05, 4.69) is 4.72 Å². The van der Waals surface area contributed by atoms with Gasteiger partial charge in [-0.2, -0.15) is 13.1 Å². The normalized spacial score (nSPS) is 22.6. The average Bonchev–Trinajstić information content (AvgIpc) is 2.67. The van der Waals surface area contributed by atoms with E-state index in [1.165, 1.54) is 20.1 Å². The van der Waals surface area contributed by atoms with Gasteiger partial charge < -0.3 is 4.42 Å². The molecular formula is C9H12N2O4S. The minimum Gasteiger partial charge on any atom is -0.467 e. The van der Waals surface area contributed by atoms with Gasteiger partial charge in [-0.25, -0.2) is 4.31 Å². The Labute approximate surface area is 93.4 Å². The van der Waals surface area contributed by atoms with E-state index in [1.54, 1.807) is 12.1 Å². The van der Waals surface area contributed by atoms with Crippen LogP contribution in [-0.4, -0.2) is 24.2 Å². The zero-order valence-corrected chi connectivity index (χ0v) is 9.74. The first-order valence-corrected chi connectivity index (χ1v) is 6.15. The van der Waals surface area contributed by atoms with Crippen LogP contribution in [0.2, 0.25) is 0 Å². The van der Waals surface area contributed by atoms with Crippen LogP contribution in [0.3, 0.4) is 0 Å². The van der Waals surface area contributed by atoms with E-state index in [4.69, 9.17) is 4.42 Å².